The molecule has 0 aromatic heterocycles. The van der Waals surface area contributed by atoms with Gasteiger partial charge in [-0.2, -0.15) is 0 Å². The maximum Gasteiger partial charge on any atom is 0.231 e. The van der Waals surface area contributed by atoms with Gasteiger partial charge in [0.15, 0.2) is 34.5 Å². The Bertz CT molecular complexity index is 2150. The van der Waals surface area contributed by atoms with Crippen molar-refractivity contribution in [3.63, 3.8) is 0 Å². The summed E-state index contributed by atoms with van der Waals surface area (Å²) in [5, 5.41) is 37.4. The number of benzene rings is 4. The van der Waals surface area contributed by atoms with E-state index in [4.69, 9.17) is 37.9 Å². The average Bonchev–Trinajstić information content (AvgIpc) is 3.26. The van der Waals surface area contributed by atoms with Gasteiger partial charge in [0.2, 0.25) is 44.4 Å². The molecule has 4 atom stereocenters. The summed E-state index contributed by atoms with van der Waals surface area (Å²) in [6.45, 7) is 7.94. The molecule has 4 aromatic rings. The number of ether oxygens (including phenoxy) is 8. The van der Waals surface area contributed by atoms with E-state index in [9.17, 15) is 15.3 Å². The van der Waals surface area contributed by atoms with Gasteiger partial charge in [0.1, 0.15) is 11.5 Å². The summed E-state index contributed by atoms with van der Waals surface area (Å²) < 4.78 is 51.4. The summed E-state index contributed by atoms with van der Waals surface area (Å²) in [4.78, 5) is 0. The molecule has 4 aliphatic heterocycles. The smallest absolute Gasteiger partial charge is 0.231 e. The Morgan fingerprint density at radius 3 is 0.841 bits per heavy atom. The van der Waals surface area contributed by atoms with E-state index < -0.39 is 0 Å². The van der Waals surface area contributed by atoms with Gasteiger partial charge in [0, 0.05) is 74.2 Å². The van der Waals surface area contributed by atoms with Crippen molar-refractivity contribution >= 4 is 0 Å². The van der Waals surface area contributed by atoms with E-state index in [-0.39, 0.29) is 68.1 Å². The molecule has 0 radical (unpaired) electrons. The van der Waals surface area contributed by atoms with Crippen molar-refractivity contribution in [1.29, 1.82) is 0 Å². The molecule has 4 unspecified atom stereocenters. The maximum atomic E-state index is 12.5. The quantitative estimate of drug-likeness (QED) is 0.0929. The molecule has 8 bridgehead atoms. The minimum Gasteiger partial charge on any atom is -0.502 e. The van der Waals surface area contributed by atoms with E-state index >= 15 is 0 Å². The van der Waals surface area contributed by atoms with Crippen molar-refractivity contribution in [3.8, 4) is 63.2 Å². The lowest BCUT2D eigenvalue weighted by atomic mass is 9.75. The molecule has 0 amide bonds. The molecule has 0 fully saturated rings. The van der Waals surface area contributed by atoms with E-state index in [1.807, 2.05) is 6.07 Å². The molecule has 338 valence electrons. The van der Waals surface area contributed by atoms with Crippen LogP contribution >= 0.6 is 0 Å². The monoisotopic (exact) mass is 864 g/mol. The third kappa shape index (κ3) is 7.88. The highest BCUT2D eigenvalue weighted by Gasteiger charge is 2.40. The first-order valence-corrected chi connectivity index (χ1v) is 23.8. The summed E-state index contributed by atoms with van der Waals surface area (Å²) >= 11 is 0. The zero-order valence-corrected chi connectivity index (χ0v) is 37.4. The van der Waals surface area contributed by atoms with Crippen molar-refractivity contribution in [2.24, 2.45) is 0 Å². The molecule has 63 heavy (non-hydrogen) atoms. The van der Waals surface area contributed by atoms with E-state index in [0.29, 0.717) is 58.8 Å². The molecular weight excluding hydrogens is 801 g/mol. The lowest BCUT2D eigenvalue weighted by molar-refractivity contribution is 0.0889. The van der Waals surface area contributed by atoms with Crippen molar-refractivity contribution in [2.45, 2.75) is 154 Å². The summed E-state index contributed by atoms with van der Waals surface area (Å²) in [6, 6.07) is 10.8. The summed E-state index contributed by atoms with van der Waals surface area (Å²) in [7, 11) is 0. The molecule has 4 aromatic carbocycles. The van der Waals surface area contributed by atoms with Crippen LogP contribution in [-0.4, -0.2) is 42.5 Å². The first-order valence-electron chi connectivity index (χ1n) is 23.8. The largest absolute Gasteiger partial charge is 0.502 e. The fourth-order valence-electron chi connectivity index (χ4n) is 10.8. The van der Waals surface area contributed by atoms with Crippen molar-refractivity contribution < 1.29 is 53.2 Å². The Labute approximate surface area is 371 Å². The Hall–Kier alpha value is -5.32. The molecule has 3 N–H and O–H groups in total. The lowest BCUT2D eigenvalue weighted by Crippen LogP contribution is -2.23. The standard InChI is InChI=1S/C52H64O11/c1-5-9-13-17-30-34-21-35-31(18-14-10-6-2)37-23-39-33(20-16-12-8-4)41-24-40-32(19-15-11-7-3)38-22-36(30)47-44(53)49(38)60-28-62-51(40)46(55)52(41)63-29-61-50(39)45(54)48(37)59-27-57-43(35)25-42(34)56-26-58-47/h21-25,30-33,53-55H,5-20,26-29H2,1-4H3. The topological polar surface area (TPSA) is 135 Å². The van der Waals surface area contributed by atoms with Gasteiger partial charge in [-0.3, -0.25) is 0 Å². The number of phenols is 3. The van der Waals surface area contributed by atoms with Gasteiger partial charge in [-0.1, -0.05) is 105 Å². The van der Waals surface area contributed by atoms with Gasteiger partial charge in [-0.05, 0) is 49.9 Å². The second-order valence-corrected chi connectivity index (χ2v) is 17.9. The highest BCUT2D eigenvalue weighted by Crippen LogP contribution is 2.60. The van der Waals surface area contributed by atoms with Crippen molar-refractivity contribution in [3.05, 3.63) is 74.8 Å². The first-order chi connectivity index (χ1) is 30.9. The van der Waals surface area contributed by atoms with Gasteiger partial charge < -0.3 is 53.2 Å². The fourth-order valence-corrected chi connectivity index (χ4v) is 10.8. The molecule has 5 aliphatic rings. The highest BCUT2D eigenvalue weighted by molar-refractivity contribution is 5.71. The van der Waals surface area contributed by atoms with Crippen LogP contribution in [0.2, 0.25) is 0 Å². The minimum absolute atomic E-state index is 0.0824. The van der Waals surface area contributed by atoms with Gasteiger partial charge in [-0.25, -0.2) is 0 Å². The average molecular weight is 865 g/mol. The Kier molecular flexibility index (Phi) is 12.8. The normalized spacial score (nSPS) is 19.8. The molecule has 1 aliphatic carbocycles. The van der Waals surface area contributed by atoms with Gasteiger partial charge in [0.25, 0.3) is 0 Å². The number of unbranched alkanes of at least 4 members (excludes halogenated alkanes) is 8. The molecular formula is C52H64O11. The summed E-state index contributed by atoms with van der Waals surface area (Å²) in [6.07, 6.45) is 14.8. The van der Waals surface area contributed by atoms with E-state index in [2.05, 4.69) is 52.0 Å². The highest BCUT2D eigenvalue weighted by atomic mass is 16.7. The Balaban J connectivity index is 1.42. The van der Waals surface area contributed by atoms with Gasteiger partial charge in [0.05, 0.1) is 0 Å². The van der Waals surface area contributed by atoms with E-state index in [1.165, 1.54) is 0 Å². The lowest BCUT2D eigenvalue weighted by Gasteiger charge is -2.35. The van der Waals surface area contributed by atoms with Crippen LogP contribution in [0.3, 0.4) is 0 Å². The first kappa shape index (κ1) is 43.0. The van der Waals surface area contributed by atoms with Crippen LogP contribution in [0.1, 0.15) is 199 Å². The molecule has 9 rings (SSSR count). The predicted molar refractivity (Wildman–Crippen MR) is 239 cm³/mol. The Morgan fingerprint density at radius 2 is 0.571 bits per heavy atom. The molecule has 0 saturated carbocycles. The number of hydrogen-bond acceptors (Lipinski definition) is 11. The zero-order chi connectivity index (χ0) is 43.6. The number of hydrogen-bond donors (Lipinski definition) is 3. The SMILES string of the molecule is CCCCCC1c2cc3c4cc2OCOc2c1cc1c(c2O)OCOc2c(cc5c(c2O)OCOc2c(cc(c(c2O)OCO4)C3CCCCC)C5CCCCC)C1CCCCC. The molecule has 11 nitrogen and oxygen atoms in total. The van der Waals surface area contributed by atoms with Crippen LogP contribution in [0.25, 0.3) is 0 Å². The van der Waals surface area contributed by atoms with Gasteiger partial charge >= 0.3 is 0 Å². The molecule has 4 heterocycles. The maximum absolute atomic E-state index is 12.5. The van der Waals surface area contributed by atoms with Crippen LogP contribution in [0.5, 0.6) is 63.2 Å². The molecule has 0 spiro atoms. The molecule has 11 heteroatoms. The minimum atomic E-state index is -0.350. The van der Waals surface area contributed by atoms with Crippen LogP contribution in [0, 0.1) is 0 Å². The van der Waals surface area contributed by atoms with Crippen LogP contribution in [-0.2, 0) is 0 Å². The molecule has 0 saturated heterocycles. The second kappa shape index (κ2) is 18.8. The van der Waals surface area contributed by atoms with E-state index in [0.717, 1.165) is 134 Å². The third-order valence-electron chi connectivity index (χ3n) is 14.0. The number of phenolic OH excluding ortho intramolecular Hbond substituents is 3. The van der Waals surface area contributed by atoms with Crippen molar-refractivity contribution in [1.82, 2.24) is 0 Å². The van der Waals surface area contributed by atoms with E-state index in [1.54, 1.807) is 0 Å². The Morgan fingerprint density at radius 1 is 0.333 bits per heavy atom. The summed E-state index contributed by atoms with van der Waals surface area (Å²) in [5.41, 5.74) is 6.93. The summed E-state index contributed by atoms with van der Waals surface area (Å²) in [5.74, 6) is 1.72. The van der Waals surface area contributed by atoms with Gasteiger partial charge in [-0.15, -0.1) is 0 Å². The zero-order valence-electron chi connectivity index (χ0n) is 37.4. The van der Waals surface area contributed by atoms with Crippen LogP contribution in [0.15, 0.2) is 30.3 Å². The van der Waals surface area contributed by atoms with Crippen molar-refractivity contribution in [2.75, 3.05) is 27.2 Å². The predicted octanol–water partition coefficient (Wildman–Crippen LogP) is 12.9. The van der Waals surface area contributed by atoms with Crippen LogP contribution in [0.4, 0.5) is 0 Å². The fraction of sp³-hybridized carbons (Fsp3) is 0.538. The number of rotatable bonds is 16. The number of aromatic hydroxyl groups is 3. The van der Waals surface area contributed by atoms with Crippen LogP contribution < -0.4 is 37.9 Å². The second-order valence-electron chi connectivity index (χ2n) is 17.9. The third-order valence-corrected chi connectivity index (χ3v) is 14.0.